The van der Waals surface area contributed by atoms with Crippen molar-refractivity contribution in [3.63, 3.8) is 0 Å². The SMILES string of the molecule is CC(C)c1nc2c(n1CC(C)(C)C(N)=O)CCNC2. The monoisotopic (exact) mass is 264 g/mol. The van der Waals surface area contributed by atoms with Crippen molar-refractivity contribution in [2.24, 2.45) is 11.1 Å². The van der Waals surface area contributed by atoms with Crippen molar-refractivity contribution in [3.8, 4) is 0 Å². The van der Waals surface area contributed by atoms with E-state index in [1.807, 2.05) is 13.8 Å². The van der Waals surface area contributed by atoms with E-state index in [2.05, 4.69) is 23.7 Å². The molecule has 1 aliphatic rings. The van der Waals surface area contributed by atoms with Crippen LogP contribution in [-0.4, -0.2) is 22.0 Å². The van der Waals surface area contributed by atoms with Gasteiger partial charge < -0.3 is 15.6 Å². The van der Waals surface area contributed by atoms with Gasteiger partial charge in [-0.15, -0.1) is 0 Å². The van der Waals surface area contributed by atoms with E-state index in [4.69, 9.17) is 10.7 Å². The zero-order valence-corrected chi connectivity index (χ0v) is 12.3. The van der Waals surface area contributed by atoms with Gasteiger partial charge in [0, 0.05) is 37.7 Å². The first kappa shape index (κ1) is 14.1. The van der Waals surface area contributed by atoms with Gasteiger partial charge in [-0.1, -0.05) is 13.8 Å². The van der Waals surface area contributed by atoms with Crippen molar-refractivity contribution in [1.29, 1.82) is 0 Å². The number of fused-ring (bicyclic) bond motifs is 1. The molecule has 2 heterocycles. The Labute approximate surface area is 114 Å². The van der Waals surface area contributed by atoms with Crippen LogP contribution in [0.1, 0.15) is 50.8 Å². The topological polar surface area (TPSA) is 72.9 Å². The van der Waals surface area contributed by atoms with Crippen LogP contribution in [0, 0.1) is 5.41 Å². The summed E-state index contributed by atoms with van der Waals surface area (Å²) in [6.45, 7) is 10.5. The number of carbonyl (C=O) groups is 1. The standard InChI is InChI=1S/C14H24N4O/c1-9(2)12-17-10-7-16-6-5-11(10)18(12)8-14(3,4)13(15)19/h9,16H,5-8H2,1-4H3,(H2,15,19). The minimum atomic E-state index is -0.553. The Bertz CT molecular complexity index is 488. The maximum atomic E-state index is 11.6. The molecule has 0 radical (unpaired) electrons. The molecule has 0 bridgehead atoms. The number of hydrogen-bond donors (Lipinski definition) is 2. The molecule has 0 fully saturated rings. The van der Waals surface area contributed by atoms with Crippen LogP contribution in [0.4, 0.5) is 0 Å². The van der Waals surface area contributed by atoms with E-state index >= 15 is 0 Å². The van der Waals surface area contributed by atoms with Gasteiger partial charge >= 0.3 is 0 Å². The number of aromatic nitrogens is 2. The summed E-state index contributed by atoms with van der Waals surface area (Å²) in [5.41, 5.74) is 7.33. The molecule has 106 valence electrons. The molecule has 1 amide bonds. The molecule has 0 saturated carbocycles. The first-order valence-corrected chi connectivity index (χ1v) is 6.91. The Morgan fingerprint density at radius 3 is 2.79 bits per heavy atom. The molecule has 5 nitrogen and oxygen atoms in total. The van der Waals surface area contributed by atoms with Crippen LogP contribution in [0.5, 0.6) is 0 Å². The van der Waals surface area contributed by atoms with Crippen molar-refractivity contribution >= 4 is 5.91 Å². The summed E-state index contributed by atoms with van der Waals surface area (Å²) >= 11 is 0. The van der Waals surface area contributed by atoms with Crippen molar-refractivity contribution < 1.29 is 4.79 Å². The van der Waals surface area contributed by atoms with Gasteiger partial charge in [-0.3, -0.25) is 4.79 Å². The van der Waals surface area contributed by atoms with Gasteiger partial charge in [0.1, 0.15) is 5.82 Å². The third-order valence-electron chi connectivity index (χ3n) is 3.75. The third-order valence-corrected chi connectivity index (χ3v) is 3.75. The average molecular weight is 264 g/mol. The molecule has 3 N–H and O–H groups in total. The highest BCUT2D eigenvalue weighted by molar-refractivity contribution is 5.79. The quantitative estimate of drug-likeness (QED) is 0.857. The number of hydrogen-bond acceptors (Lipinski definition) is 3. The molecule has 2 rings (SSSR count). The van der Waals surface area contributed by atoms with E-state index in [0.717, 1.165) is 31.0 Å². The smallest absolute Gasteiger partial charge is 0.224 e. The lowest BCUT2D eigenvalue weighted by molar-refractivity contribution is -0.126. The maximum absolute atomic E-state index is 11.6. The molecule has 0 saturated heterocycles. The predicted octanol–water partition coefficient (Wildman–Crippen LogP) is 1.16. The molecular weight excluding hydrogens is 240 g/mol. The number of nitrogens with two attached hydrogens (primary N) is 1. The number of nitrogens with one attached hydrogen (secondary N) is 1. The van der Waals surface area contributed by atoms with Gasteiger partial charge in [-0.25, -0.2) is 4.98 Å². The molecular formula is C14H24N4O. The molecule has 0 atom stereocenters. The first-order valence-electron chi connectivity index (χ1n) is 6.91. The Morgan fingerprint density at radius 2 is 2.21 bits per heavy atom. The number of carbonyl (C=O) groups excluding carboxylic acids is 1. The molecule has 1 aromatic heterocycles. The lowest BCUT2D eigenvalue weighted by Crippen LogP contribution is -2.37. The molecule has 1 aromatic rings. The summed E-state index contributed by atoms with van der Waals surface area (Å²) in [7, 11) is 0. The van der Waals surface area contributed by atoms with Crippen LogP contribution < -0.4 is 11.1 Å². The minimum Gasteiger partial charge on any atom is -0.369 e. The van der Waals surface area contributed by atoms with Gasteiger partial charge in [0.15, 0.2) is 0 Å². The van der Waals surface area contributed by atoms with Crippen LogP contribution >= 0.6 is 0 Å². The van der Waals surface area contributed by atoms with Crippen molar-refractivity contribution in [1.82, 2.24) is 14.9 Å². The van der Waals surface area contributed by atoms with Gasteiger partial charge in [0.25, 0.3) is 0 Å². The molecule has 0 unspecified atom stereocenters. The summed E-state index contributed by atoms with van der Waals surface area (Å²) in [5.74, 6) is 1.14. The molecule has 0 aromatic carbocycles. The van der Waals surface area contributed by atoms with Crippen molar-refractivity contribution in [2.75, 3.05) is 6.54 Å². The Hall–Kier alpha value is -1.36. The number of amides is 1. The summed E-state index contributed by atoms with van der Waals surface area (Å²) < 4.78 is 2.21. The summed E-state index contributed by atoms with van der Waals surface area (Å²) in [4.78, 5) is 16.3. The van der Waals surface area contributed by atoms with E-state index in [9.17, 15) is 4.79 Å². The normalized spacial score (nSPS) is 15.6. The fraction of sp³-hybridized carbons (Fsp3) is 0.714. The number of primary amides is 1. The molecule has 19 heavy (non-hydrogen) atoms. The Kier molecular flexibility index (Phi) is 3.67. The lowest BCUT2D eigenvalue weighted by Gasteiger charge is -2.25. The van der Waals surface area contributed by atoms with Crippen LogP contribution in [-0.2, 0) is 24.3 Å². The number of imidazole rings is 1. The van der Waals surface area contributed by atoms with Crippen LogP contribution in [0.2, 0.25) is 0 Å². The zero-order valence-electron chi connectivity index (χ0n) is 12.3. The fourth-order valence-electron chi connectivity index (χ4n) is 2.48. The van der Waals surface area contributed by atoms with E-state index in [-0.39, 0.29) is 5.91 Å². The minimum absolute atomic E-state index is 0.265. The van der Waals surface area contributed by atoms with E-state index < -0.39 is 5.41 Å². The molecule has 0 aliphatic carbocycles. The second-order valence-electron chi connectivity index (χ2n) is 6.28. The summed E-state index contributed by atoms with van der Waals surface area (Å²) in [6, 6.07) is 0. The second kappa shape index (κ2) is 4.96. The van der Waals surface area contributed by atoms with Gasteiger partial charge in [0.2, 0.25) is 5.91 Å². The predicted molar refractivity (Wildman–Crippen MR) is 74.7 cm³/mol. The van der Waals surface area contributed by atoms with Gasteiger partial charge in [0.05, 0.1) is 11.1 Å². The van der Waals surface area contributed by atoms with Crippen LogP contribution in [0.3, 0.4) is 0 Å². The molecule has 0 spiro atoms. The van der Waals surface area contributed by atoms with Crippen molar-refractivity contribution in [3.05, 3.63) is 17.2 Å². The highest BCUT2D eigenvalue weighted by atomic mass is 16.1. The average Bonchev–Trinajstić information content (AvgIpc) is 2.68. The number of nitrogens with zero attached hydrogens (tertiary/aromatic N) is 2. The maximum Gasteiger partial charge on any atom is 0.224 e. The highest BCUT2D eigenvalue weighted by Gasteiger charge is 2.30. The molecule has 5 heteroatoms. The highest BCUT2D eigenvalue weighted by Crippen LogP contribution is 2.26. The second-order valence-corrected chi connectivity index (χ2v) is 6.28. The first-order chi connectivity index (χ1) is 8.83. The fourth-order valence-corrected chi connectivity index (χ4v) is 2.48. The molecule has 1 aliphatic heterocycles. The van der Waals surface area contributed by atoms with Crippen LogP contribution in [0.15, 0.2) is 0 Å². The van der Waals surface area contributed by atoms with Crippen molar-refractivity contribution in [2.45, 2.75) is 53.1 Å². The van der Waals surface area contributed by atoms with Gasteiger partial charge in [-0.05, 0) is 13.8 Å². The van der Waals surface area contributed by atoms with E-state index in [1.165, 1.54) is 5.69 Å². The van der Waals surface area contributed by atoms with Crippen LogP contribution in [0.25, 0.3) is 0 Å². The number of rotatable bonds is 4. The Balaban J connectivity index is 2.42. The van der Waals surface area contributed by atoms with E-state index in [0.29, 0.717) is 12.5 Å². The third kappa shape index (κ3) is 2.66. The summed E-state index contributed by atoms with van der Waals surface area (Å²) in [6.07, 6.45) is 0.962. The largest absolute Gasteiger partial charge is 0.369 e. The lowest BCUT2D eigenvalue weighted by atomic mass is 9.92. The zero-order chi connectivity index (χ0) is 14.2. The van der Waals surface area contributed by atoms with Gasteiger partial charge in [-0.2, -0.15) is 0 Å². The van der Waals surface area contributed by atoms with E-state index in [1.54, 1.807) is 0 Å². The summed E-state index contributed by atoms with van der Waals surface area (Å²) in [5, 5.41) is 3.34. The Morgan fingerprint density at radius 1 is 1.53 bits per heavy atom.